The number of fused-ring (bicyclic) bond motifs is 1. The van der Waals surface area contributed by atoms with E-state index in [4.69, 9.17) is 0 Å². The second-order valence-corrected chi connectivity index (χ2v) is 5.00. The molecule has 0 unspecified atom stereocenters. The molecule has 0 N–H and O–H groups in total. The Bertz CT molecular complexity index is 537. The summed E-state index contributed by atoms with van der Waals surface area (Å²) in [4.78, 5) is 4.48. The van der Waals surface area contributed by atoms with Crippen molar-refractivity contribution < 1.29 is 0 Å². The Hall–Kier alpha value is -1.57. The summed E-state index contributed by atoms with van der Waals surface area (Å²) in [5.41, 5.74) is 5.04. The van der Waals surface area contributed by atoms with Crippen LogP contribution in [0.3, 0.4) is 0 Å². The van der Waals surface area contributed by atoms with Crippen molar-refractivity contribution in [2.24, 2.45) is 0 Å². The molecule has 0 saturated carbocycles. The quantitative estimate of drug-likeness (QED) is 0.542. The highest BCUT2D eigenvalue weighted by Crippen LogP contribution is 2.19. The van der Waals surface area contributed by atoms with Crippen LogP contribution >= 0.6 is 0 Å². The third-order valence-electron chi connectivity index (χ3n) is 3.54. The summed E-state index contributed by atoms with van der Waals surface area (Å²) in [7, 11) is 0. The number of aromatic nitrogens is 2. The third kappa shape index (κ3) is 2.81. The zero-order chi connectivity index (χ0) is 13.0. The molecule has 0 saturated heterocycles. The van der Waals surface area contributed by atoms with E-state index in [0.717, 1.165) is 18.5 Å². The minimum absolute atomic E-state index is 1.07. The van der Waals surface area contributed by atoms with E-state index in [-0.39, 0.29) is 0 Å². The van der Waals surface area contributed by atoms with Crippen molar-refractivity contribution in [3.63, 3.8) is 0 Å². The third-order valence-corrected chi connectivity index (χ3v) is 3.54. The molecule has 2 nitrogen and oxygen atoms in total. The van der Waals surface area contributed by atoms with Crippen LogP contribution in [-0.2, 0) is 6.54 Å². The van der Waals surface area contributed by atoms with E-state index in [1.54, 1.807) is 0 Å². The van der Waals surface area contributed by atoms with Gasteiger partial charge in [-0.25, -0.2) is 4.98 Å². The van der Waals surface area contributed by atoms with Gasteiger partial charge < -0.3 is 4.57 Å². The summed E-state index contributed by atoms with van der Waals surface area (Å²) < 4.78 is 2.27. The maximum Gasteiger partial charge on any atom is 0.0958 e. The first-order valence-corrected chi connectivity index (χ1v) is 6.75. The molecule has 18 heavy (non-hydrogen) atoms. The first-order valence-electron chi connectivity index (χ1n) is 6.75. The first-order chi connectivity index (χ1) is 8.72. The van der Waals surface area contributed by atoms with Gasteiger partial charge in [-0.1, -0.05) is 12.5 Å². The smallest absolute Gasteiger partial charge is 0.0958 e. The van der Waals surface area contributed by atoms with E-state index >= 15 is 0 Å². The largest absolute Gasteiger partial charge is 0.331 e. The van der Waals surface area contributed by atoms with Crippen molar-refractivity contribution in [1.82, 2.24) is 9.55 Å². The van der Waals surface area contributed by atoms with Gasteiger partial charge in [0.2, 0.25) is 0 Å². The zero-order valence-corrected chi connectivity index (χ0v) is 11.4. The Balaban J connectivity index is 2.05. The van der Waals surface area contributed by atoms with Crippen LogP contribution < -0.4 is 0 Å². The first kappa shape index (κ1) is 12.9. The minimum atomic E-state index is 1.07. The minimum Gasteiger partial charge on any atom is -0.331 e. The molecule has 0 aliphatic heterocycles. The SMILES string of the molecule is C=CCCCCCn1cnc2cc(C)c(C)cc21. The Morgan fingerprint density at radius 2 is 1.94 bits per heavy atom. The van der Waals surface area contributed by atoms with Crippen molar-refractivity contribution >= 4 is 11.0 Å². The van der Waals surface area contributed by atoms with Gasteiger partial charge in [-0.3, -0.25) is 0 Å². The maximum absolute atomic E-state index is 4.48. The lowest BCUT2D eigenvalue weighted by molar-refractivity contribution is 0.600. The fourth-order valence-corrected chi connectivity index (χ4v) is 2.24. The van der Waals surface area contributed by atoms with Gasteiger partial charge in [0.1, 0.15) is 0 Å². The van der Waals surface area contributed by atoms with Crippen LogP contribution in [0.5, 0.6) is 0 Å². The van der Waals surface area contributed by atoms with Gasteiger partial charge in [0.05, 0.1) is 17.4 Å². The number of hydrogen-bond acceptors (Lipinski definition) is 1. The van der Waals surface area contributed by atoms with Gasteiger partial charge >= 0.3 is 0 Å². The van der Waals surface area contributed by atoms with Crippen LogP contribution in [0.4, 0.5) is 0 Å². The lowest BCUT2D eigenvalue weighted by atomic mass is 10.1. The molecule has 0 fully saturated rings. The number of hydrogen-bond donors (Lipinski definition) is 0. The molecule has 2 heteroatoms. The molecule has 0 spiro atoms. The van der Waals surface area contributed by atoms with Gasteiger partial charge in [-0.2, -0.15) is 0 Å². The molecule has 1 heterocycles. The Labute approximate surface area is 109 Å². The summed E-state index contributed by atoms with van der Waals surface area (Å²) in [5.74, 6) is 0. The fraction of sp³-hybridized carbons (Fsp3) is 0.438. The molecular weight excluding hydrogens is 220 g/mol. The second-order valence-electron chi connectivity index (χ2n) is 5.00. The van der Waals surface area contributed by atoms with Crippen molar-refractivity contribution in [3.8, 4) is 0 Å². The Morgan fingerprint density at radius 1 is 1.17 bits per heavy atom. The van der Waals surface area contributed by atoms with Crippen LogP contribution in [0.25, 0.3) is 11.0 Å². The van der Waals surface area contributed by atoms with Crippen molar-refractivity contribution in [3.05, 3.63) is 42.2 Å². The highest BCUT2D eigenvalue weighted by atomic mass is 15.0. The molecule has 2 aromatic rings. The van der Waals surface area contributed by atoms with Crippen molar-refractivity contribution in [2.45, 2.75) is 46.1 Å². The van der Waals surface area contributed by atoms with Crippen molar-refractivity contribution in [2.75, 3.05) is 0 Å². The molecule has 0 amide bonds. The molecule has 0 aliphatic rings. The molecule has 96 valence electrons. The van der Waals surface area contributed by atoms with Gasteiger partial charge in [-0.15, -0.1) is 6.58 Å². The maximum atomic E-state index is 4.48. The Kier molecular flexibility index (Phi) is 4.19. The van der Waals surface area contributed by atoms with E-state index in [1.165, 1.54) is 35.9 Å². The monoisotopic (exact) mass is 242 g/mol. The van der Waals surface area contributed by atoms with E-state index in [1.807, 2.05) is 12.4 Å². The summed E-state index contributed by atoms with van der Waals surface area (Å²) in [5, 5.41) is 0. The van der Waals surface area contributed by atoms with Crippen molar-refractivity contribution in [1.29, 1.82) is 0 Å². The molecule has 1 aromatic heterocycles. The number of aryl methyl sites for hydroxylation is 3. The standard InChI is InChI=1S/C16H22N2/c1-4-5-6-7-8-9-18-12-17-15-10-13(2)14(3)11-16(15)18/h4,10-12H,1,5-9H2,2-3H3. The number of nitrogens with zero attached hydrogens (tertiary/aromatic N) is 2. The lowest BCUT2D eigenvalue weighted by Crippen LogP contribution is -1.96. The lowest BCUT2D eigenvalue weighted by Gasteiger charge is -2.05. The zero-order valence-electron chi connectivity index (χ0n) is 11.4. The molecular formula is C16H22N2. The summed E-state index contributed by atoms with van der Waals surface area (Å²) in [6, 6.07) is 4.43. The van der Waals surface area contributed by atoms with Crippen LogP contribution in [0.1, 0.15) is 36.8 Å². The van der Waals surface area contributed by atoms with Gasteiger partial charge in [-0.05, 0) is 56.4 Å². The highest BCUT2D eigenvalue weighted by molar-refractivity contribution is 5.77. The Morgan fingerprint density at radius 3 is 2.72 bits per heavy atom. The molecule has 0 atom stereocenters. The van der Waals surface area contributed by atoms with E-state index in [2.05, 4.69) is 42.1 Å². The highest BCUT2D eigenvalue weighted by Gasteiger charge is 2.04. The van der Waals surface area contributed by atoms with E-state index in [0.29, 0.717) is 0 Å². The molecule has 0 aliphatic carbocycles. The number of rotatable bonds is 6. The summed E-state index contributed by atoms with van der Waals surface area (Å²) >= 11 is 0. The predicted octanol–water partition coefficient (Wildman–Crippen LogP) is 4.40. The van der Waals surface area contributed by atoms with E-state index < -0.39 is 0 Å². The average molecular weight is 242 g/mol. The second kappa shape index (κ2) is 5.85. The van der Waals surface area contributed by atoms with E-state index in [9.17, 15) is 0 Å². The van der Waals surface area contributed by atoms with Gasteiger partial charge in [0, 0.05) is 6.54 Å². The topological polar surface area (TPSA) is 17.8 Å². The number of allylic oxidation sites excluding steroid dienone is 1. The van der Waals surface area contributed by atoms with Crippen LogP contribution in [-0.4, -0.2) is 9.55 Å². The number of imidazole rings is 1. The fourth-order valence-electron chi connectivity index (χ4n) is 2.24. The predicted molar refractivity (Wildman–Crippen MR) is 77.9 cm³/mol. The molecule has 0 bridgehead atoms. The summed E-state index contributed by atoms with van der Waals surface area (Å²) in [6.07, 6.45) is 8.82. The number of unbranched alkanes of at least 4 members (excludes halogenated alkanes) is 3. The van der Waals surface area contributed by atoms with Gasteiger partial charge in [0.25, 0.3) is 0 Å². The number of benzene rings is 1. The van der Waals surface area contributed by atoms with Gasteiger partial charge in [0.15, 0.2) is 0 Å². The molecule has 0 radical (unpaired) electrons. The normalized spacial score (nSPS) is 11.0. The molecule has 2 rings (SSSR count). The molecule has 1 aromatic carbocycles. The average Bonchev–Trinajstić information content (AvgIpc) is 2.72. The van der Waals surface area contributed by atoms with Crippen LogP contribution in [0.15, 0.2) is 31.1 Å². The van der Waals surface area contributed by atoms with Crippen LogP contribution in [0, 0.1) is 13.8 Å². The summed E-state index contributed by atoms with van der Waals surface area (Å²) in [6.45, 7) is 9.12. The van der Waals surface area contributed by atoms with Crippen LogP contribution in [0.2, 0.25) is 0 Å².